The zero-order chi connectivity index (χ0) is 15.9. The number of esters is 1. The molecule has 0 aliphatic carbocycles. The standard InChI is InChI=1S/C17H17NO3S/c1-3-21-17(20)16-11-14-8-7-13(10-15(14)18-16)6-4-5-9-22-12(2)19/h7-8,10-11,18H,3,5,9H2,1-2H3. The summed E-state index contributed by atoms with van der Waals surface area (Å²) < 4.78 is 4.97. The first-order valence-electron chi connectivity index (χ1n) is 7.02. The molecule has 0 aliphatic heterocycles. The first-order valence-corrected chi connectivity index (χ1v) is 8.01. The molecule has 0 saturated carbocycles. The molecule has 0 amide bonds. The summed E-state index contributed by atoms with van der Waals surface area (Å²) in [5.74, 6) is 6.46. The molecule has 1 heterocycles. The lowest BCUT2D eigenvalue weighted by Crippen LogP contribution is -2.04. The van der Waals surface area contributed by atoms with Gasteiger partial charge in [0.05, 0.1) is 6.61 Å². The smallest absolute Gasteiger partial charge is 0.354 e. The molecule has 1 N–H and O–H groups in total. The summed E-state index contributed by atoms with van der Waals surface area (Å²) in [6.45, 7) is 3.68. The summed E-state index contributed by atoms with van der Waals surface area (Å²) in [6, 6.07) is 7.51. The highest BCUT2D eigenvalue weighted by Gasteiger charge is 2.10. The van der Waals surface area contributed by atoms with Crippen LogP contribution in [0.15, 0.2) is 24.3 Å². The summed E-state index contributed by atoms with van der Waals surface area (Å²) in [5, 5.41) is 1.06. The summed E-state index contributed by atoms with van der Waals surface area (Å²) in [5.41, 5.74) is 2.17. The normalized spacial score (nSPS) is 10.1. The summed E-state index contributed by atoms with van der Waals surface area (Å²) in [6.07, 6.45) is 0.668. The molecular weight excluding hydrogens is 298 g/mol. The fourth-order valence-corrected chi connectivity index (χ4v) is 2.43. The number of H-pyrrole nitrogens is 1. The Morgan fingerprint density at radius 3 is 2.86 bits per heavy atom. The van der Waals surface area contributed by atoms with Crippen LogP contribution < -0.4 is 0 Å². The molecule has 2 rings (SSSR count). The average Bonchev–Trinajstić information content (AvgIpc) is 2.90. The summed E-state index contributed by atoms with van der Waals surface area (Å²) >= 11 is 1.28. The largest absolute Gasteiger partial charge is 0.461 e. The van der Waals surface area contributed by atoms with Crippen molar-refractivity contribution in [1.82, 2.24) is 4.98 Å². The van der Waals surface area contributed by atoms with Gasteiger partial charge >= 0.3 is 5.97 Å². The van der Waals surface area contributed by atoms with E-state index in [1.807, 2.05) is 18.2 Å². The van der Waals surface area contributed by atoms with E-state index in [1.165, 1.54) is 11.8 Å². The monoisotopic (exact) mass is 315 g/mol. The molecule has 1 aromatic heterocycles. The van der Waals surface area contributed by atoms with Crippen LogP contribution in [-0.2, 0) is 9.53 Å². The number of aromatic nitrogens is 1. The predicted octanol–water partition coefficient (Wildman–Crippen LogP) is 3.37. The molecule has 0 unspecified atom stereocenters. The van der Waals surface area contributed by atoms with Crippen LogP contribution in [0, 0.1) is 11.8 Å². The molecule has 0 bridgehead atoms. The minimum absolute atomic E-state index is 0.112. The van der Waals surface area contributed by atoms with Crippen LogP contribution in [0.1, 0.15) is 36.3 Å². The van der Waals surface area contributed by atoms with E-state index < -0.39 is 0 Å². The van der Waals surface area contributed by atoms with Gasteiger partial charge in [-0.05, 0) is 25.1 Å². The van der Waals surface area contributed by atoms with E-state index in [0.29, 0.717) is 24.5 Å². The van der Waals surface area contributed by atoms with E-state index in [0.717, 1.165) is 16.5 Å². The number of benzene rings is 1. The molecule has 0 saturated heterocycles. The fraction of sp³-hybridized carbons (Fsp3) is 0.294. The van der Waals surface area contributed by atoms with E-state index >= 15 is 0 Å². The van der Waals surface area contributed by atoms with Gasteiger partial charge in [-0.1, -0.05) is 29.7 Å². The Labute approximate surface area is 133 Å². The van der Waals surface area contributed by atoms with E-state index in [9.17, 15) is 9.59 Å². The van der Waals surface area contributed by atoms with Gasteiger partial charge in [-0.15, -0.1) is 0 Å². The SMILES string of the molecule is CCOC(=O)c1cc2ccc(C#CCCSC(C)=O)cc2[nH]1. The Balaban J connectivity index is 2.08. The van der Waals surface area contributed by atoms with E-state index in [4.69, 9.17) is 4.74 Å². The van der Waals surface area contributed by atoms with Gasteiger partial charge in [0.25, 0.3) is 0 Å². The number of hydrogen-bond acceptors (Lipinski definition) is 4. The van der Waals surface area contributed by atoms with Gasteiger partial charge in [0.2, 0.25) is 0 Å². The van der Waals surface area contributed by atoms with Crippen molar-refractivity contribution in [3.63, 3.8) is 0 Å². The van der Waals surface area contributed by atoms with E-state index in [1.54, 1.807) is 19.9 Å². The summed E-state index contributed by atoms with van der Waals surface area (Å²) in [4.78, 5) is 25.5. The first-order chi connectivity index (χ1) is 10.6. The Morgan fingerprint density at radius 1 is 1.32 bits per heavy atom. The predicted molar refractivity (Wildman–Crippen MR) is 88.9 cm³/mol. The van der Waals surface area contributed by atoms with Crippen LogP contribution in [0.2, 0.25) is 0 Å². The number of hydrogen-bond donors (Lipinski definition) is 1. The zero-order valence-corrected chi connectivity index (χ0v) is 13.4. The topological polar surface area (TPSA) is 59.2 Å². The Kier molecular flexibility index (Phi) is 5.68. The lowest BCUT2D eigenvalue weighted by atomic mass is 10.1. The van der Waals surface area contributed by atoms with Crippen LogP contribution in [-0.4, -0.2) is 28.4 Å². The van der Waals surface area contributed by atoms with Crippen molar-refractivity contribution in [2.24, 2.45) is 0 Å². The molecule has 5 heteroatoms. The van der Waals surface area contributed by atoms with Crippen molar-refractivity contribution in [2.45, 2.75) is 20.3 Å². The molecule has 0 radical (unpaired) electrons. The number of rotatable bonds is 4. The van der Waals surface area contributed by atoms with Gasteiger partial charge in [-0.3, -0.25) is 4.79 Å². The maximum absolute atomic E-state index is 11.7. The number of ether oxygens (including phenoxy) is 1. The minimum atomic E-state index is -0.354. The molecule has 1 aromatic carbocycles. The van der Waals surface area contributed by atoms with Crippen molar-refractivity contribution in [1.29, 1.82) is 0 Å². The minimum Gasteiger partial charge on any atom is -0.461 e. The second-order valence-electron chi connectivity index (χ2n) is 4.60. The van der Waals surface area contributed by atoms with Crippen LogP contribution >= 0.6 is 11.8 Å². The molecule has 2 aromatic rings. The summed E-state index contributed by atoms with van der Waals surface area (Å²) in [7, 11) is 0. The average molecular weight is 315 g/mol. The second-order valence-corrected chi connectivity index (χ2v) is 5.87. The van der Waals surface area contributed by atoms with E-state index in [2.05, 4.69) is 16.8 Å². The second kappa shape index (κ2) is 7.71. The van der Waals surface area contributed by atoms with Gasteiger partial charge in [-0.25, -0.2) is 4.79 Å². The lowest BCUT2D eigenvalue weighted by molar-refractivity contribution is -0.109. The van der Waals surface area contributed by atoms with Crippen molar-refractivity contribution in [2.75, 3.05) is 12.4 Å². The highest BCUT2D eigenvalue weighted by Crippen LogP contribution is 2.17. The molecule has 4 nitrogen and oxygen atoms in total. The van der Waals surface area contributed by atoms with Gasteiger partial charge in [0.15, 0.2) is 5.12 Å². The van der Waals surface area contributed by atoms with Crippen molar-refractivity contribution < 1.29 is 14.3 Å². The van der Waals surface area contributed by atoms with Crippen LogP contribution in [0.5, 0.6) is 0 Å². The Hall–Kier alpha value is -2.19. The van der Waals surface area contributed by atoms with Crippen molar-refractivity contribution in [3.05, 3.63) is 35.5 Å². The maximum atomic E-state index is 11.7. The fourth-order valence-electron chi connectivity index (χ4n) is 1.93. The van der Waals surface area contributed by atoms with Crippen LogP contribution in [0.25, 0.3) is 10.9 Å². The third kappa shape index (κ3) is 4.40. The van der Waals surface area contributed by atoms with Gasteiger partial charge in [-0.2, -0.15) is 0 Å². The number of carbonyl (C=O) groups is 2. The number of nitrogens with one attached hydrogen (secondary N) is 1. The van der Waals surface area contributed by atoms with Crippen molar-refractivity contribution in [3.8, 4) is 11.8 Å². The molecular formula is C17H17NO3S. The highest BCUT2D eigenvalue weighted by molar-refractivity contribution is 8.13. The maximum Gasteiger partial charge on any atom is 0.354 e. The zero-order valence-electron chi connectivity index (χ0n) is 12.6. The lowest BCUT2D eigenvalue weighted by Gasteiger charge is -1.96. The number of fused-ring (bicyclic) bond motifs is 1. The quantitative estimate of drug-likeness (QED) is 0.534. The molecule has 0 aliphatic rings. The van der Waals surface area contributed by atoms with Crippen molar-refractivity contribution >= 4 is 33.7 Å². The van der Waals surface area contributed by atoms with Crippen LogP contribution in [0.3, 0.4) is 0 Å². The number of thioether (sulfide) groups is 1. The number of carbonyl (C=O) groups excluding carboxylic acids is 2. The molecule has 114 valence electrons. The van der Waals surface area contributed by atoms with Crippen LogP contribution in [0.4, 0.5) is 0 Å². The van der Waals surface area contributed by atoms with Gasteiger partial charge in [0, 0.05) is 35.6 Å². The Morgan fingerprint density at radius 2 is 2.14 bits per heavy atom. The van der Waals surface area contributed by atoms with Gasteiger partial charge in [0.1, 0.15) is 5.69 Å². The third-order valence-electron chi connectivity index (χ3n) is 2.88. The van der Waals surface area contributed by atoms with Gasteiger partial charge < -0.3 is 9.72 Å². The third-order valence-corrected chi connectivity index (χ3v) is 3.70. The highest BCUT2D eigenvalue weighted by atomic mass is 32.2. The Bertz CT molecular complexity index is 752. The number of aromatic amines is 1. The van der Waals surface area contributed by atoms with E-state index in [-0.39, 0.29) is 11.1 Å². The molecule has 22 heavy (non-hydrogen) atoms. The first kappa shape index (κ1) is 16.2. The molecule has 0 fully saturated rings. The molecule has 0 spiro atoms. The molecule has 0 atom stereocenters.